The molecule has 0 aliphatic carbocycles. The highest BCUT2D eigenvalue weighted by molar-refractivity contribution is 7.94. The summed E-state index contributed by atoms with van der Waals surface area (Å²) >= 11 is 0. The van der Waals surface area contributed by atoms with Gasteiger partial charge in [0.25, 0.3) is 5.91 Å². The molecule has 0 fully saturated rings. The lowest BCUT2D eigenvalue weighted by Gasteiger charge is -2.15. The summed E-state index contributed by atoms with van der Waals surface area (Å²) in [7, 11) is -5.60. The zero-order valence-corrected chi connectivity index (χ0v) is 16.4. The summed E-state index contributed by atoms with van der Waals surface area (Å²) in [6.07, 6.45) is 2.01. The van der Waals surface area contributed by atoms with Crippen molar-refractivity contribution < 1.29 is 26.4 Å². The Labute approximate surface area is 153 Å². The van der Waals surface area contributed by atoms with E-state index in [2.05, 4.69) is 0 Å². The Morgan fingerprint density at radius 2 is 1.58 bits per heavy atom. The van der Waals surface area contributed by atoms with Gasteiger partial charge >= 0.3 is 0 Å². The van der Waals surface area contributed by atoms with E-state index in [9.17, 15) is 21.6 Å². The summed E-state index contributed by atoms with van der Waals surface area (Å²) in [5, 5.41) is 1.70. The lowest BCUT2D eigenvalue weighted by Crippen LogP contribution is -2.21. The maximum absolute atomic E-state index is 12.6. The third kappa shape index (κ3) is 6.19. The molecule has 1 aromatic carbocycles. The number of anilines is 1. The van der Waals surface area contributed by atoms with Crippen molar-refractivity contribution in [3.63, 3.8) is 0 Å². The van der Waals surface area contributed by atoms with Crippen LogP contribution in [0.15, 0.2) is 41.4 Å². The number of carbonyl (C=O) groups is 1. The van der Waals surface area contributed by atoms with E-state index in [0.29, 0.717) is 5.75 Å². The van der Waals surface area contributed by atoms with Gasteiger partial charge in [-0.05, 0) is 18.2 Å². The number of nitrogens with zero attached hydrogens (tertiary/aromatic N) is 1. The number of nitrogens with two attached hydrogens (primary N) is 1. The number of carbonyl (C=O) groups excluding carboxylic acids is 1. The van der Waals surface area contributed by atoms with Crippen molar-refractivity contribution in [1.82, 2.24) is 4.90 Å². The highest BCUT2D eigenvalue weighted by Gasteiger charge is 2.15. The van der Waals surface area contributed by atoms with E-state index in [-0.39, 0.29) is 22.8 Å². The number of hydrogen-bond donors (Lipinski definition) is 1. The van der Waals surface area contributed by atoms with Gasteiger partial charge in [-0.25, -0.2) is 16.8 Å². The SMILES string of the molecule is CCS(=O)(=O)C=CN(C=CS(=O)(=O)CC)C(=O)c1ccc(OC)c(N)c1. The van der Waals surface area contributed by atoms with Crippen molar-refractivity contribution in [2.75, 3.05) is 24.3 Å². The van der Waals surface area contributed by atoms with Gasteiger partial charge in [0.2, 0.25) is 0 Å². The predicted molar refractivity (Wildman–Crippen MR) is 101 cm³/mol. The largest absolute Gasteiger partial charge is 0.495 e. The summed E-state index contributed by atoms with van der Waals surface area (Å²) in [6, 6.07) is 4.28. The van der Waals surface area contributed by atoms with Crippen LogP contribution >= 0.6 is 0 Å². The molecule has 0 aliphatic rings. The third-order valence-electron chi connectivity index (χ3n) is 3.37. The molecule has 8 nitrogen and oxygen atoms in total. The van der Waals surface area contributed by atoms with Crippen molar-refractivity contribution in [3.8, 4) is 5.75 Å². The van der Waals surface area contributed by atoms with Crippen LogP contribution in [0.3, 0.4) is 0 Å². The van der Waals surface area contributed by atoms with Crippen LogP contribution in [0.5, 0.6) is 5.75 Å². The molecule has 2 N–H and O–H groups in total. The maximum atomic E-state index is 12.6. The van der Waals surface area contributed by atoms with Crippen LogP contribution in [-0.2, 0) is 19.7 Å². The minimum Gasteiger partial charge on any atom is -0.495 e. The average Bonchev–Trinajstić information content (AvgIpc) is 2.61. The second kappa shape index (κ2) is 8.86. The first-order valence-corrected chi connectivity index (χ1v) is 11.1. The molecule has 26 heavy (non-hydrogen) atoms. The van der Waals surface area contributed by atoms with Gasteiger partial charge in [-0.2, -0.15) is 0 Å². The standard InChI is InChI=1S/C16H22N2O6S2/c1-4-25(20,21)10-8-18(9-11-26(22,23)5-2)16(19)13-6-7-15(24-3)14(17)12-13/h6-12H,4-5,17H2,1-3H3. The number of hydrogen-bond acceptors (Lipinski definition) is 7. The first-order valence-electron chi connectivity index (χ1n) is 7.63. The van der Waals surface area contributed by atoms with Crippen LogP contribution in [0.4, 0.5) is 5.69 Å². The molecule has 0 aliphatic heterocycles. The second-order valence-corrected chi connectivity index (χ2v) is 9.49. The van der Waals surface area contributed by atoms with Gasteiger partial charge in [-0.1, -0.05) is 13.8 Å². The summed E-state index contributed by atoms with van der Waals surface area (Å²) in [6.45, 7) is 2.90. The zero-order chi connectivity index (χ0) is 20.0. The van der Waals surface area contributed by atoms with Crippen LogP contribution in [0.2, 0.25) is 0 Å². The van der Waals surface area contributed by atoms with E-state index < -0.39 is 25.6 Å². The van der Waals surface area contributed by atoms with Crippen molar-refractivity contribution in [2.45, 2.75) is 13.8 Å². The number of nitrogen functional groups attached to an aromatic ring is 1. The molecule has 1 amide bonds. The molecule has 0 saturated heterocycles. The summed E-state index contributed by atoms with van der Waals surface area (Å²) in [5.41, 5.74) is 6.13. The quantitative estimate of drug-likeness (QED) is 0.654. The number of sulfone groups is 2. The van der Waals surface area contributed by atoms with E-state index in [0.717, 1.165) is 28.1 Å². The Bertz CT molecular complexity index is 874. The van der Waals surface area contributed by atoms with E-state index in [4.69, 9.17) is 10.5 Å². The minimum atomic E-state index is -3.51. The molecule has 10 heteroatoms. The molecule has 144 valence electrons. The molecule has 0 spiro atoms. The third-order valence-corrected chi connectivity index (χ3v) is 6.06. The van der Waals surface area contributed by atoms with Crippen LogP contribution < -0.4 is 10.5 Å². The number of ether oxygens (including phenoxy) is 1. The maximum Gasteiger partial charge on any atom is 0.261 e. The van der Waals surface area contributed by atoms with Crippen LogP contribution in [-0.4, -0.2) is 46.3 Å². The van der Waals surface area contributed by atoms with Crippen LogP contribution in [0.25, 0.3) is 0 Å². The Balaban J connectivity index is 3.30. The number of rotatable bonds is 8. The van der Waals surface area contributed by atoms with Gasteiger partial charge in [-0.3, -0.25) is 9.69 Å². The van der Waals surface area contributed by atoms with Crippen molar-refractivity contribution in [3.05, 3.63) is 47.0 Å². The van der Waals surface area contributed by atoms with E-state index >= 15 is 0 Å². The minimum absolute atomic E-state index is 0.139. The predicted octanol–water partition coefficient (Wildman–Crippen LogP) is 1.53. The number of benzene rings is 1. The highest BCUT2D eigenvalue weighted by Crippen LogP contribution is 2.23. The molecule has 1 aromatic rings. The molecule has 0 unspecified atom stereocenters. The molecular formula is C16H22N2O6S2. The van der Waals surface area contributed by atoms with Gasteiger partial charge in [0.1, 0.15) is 5.75 Å². The molecule has 0 radical (unpaired) electrons. The van der Waals surface area contributed by atoms with Crippen molar-refractivity contribution in [1.29, 1.82) is 0 Å². The van der Waals surface area contributed by atoms with Crippen LogP contribution in [0.1, 0.15) is 24.2 Å². The molecule has 0 bridgehead atoms. The fraction of sp³-hybridized carbons (Fsp3) is 0.312. The fourth-order valence-corrected chi connectivity index (χ4v) is 2.73. The van der Waals surface area contributed by atoms with E-state index in [1.165, 1.54) is 39.2 Å². The lowest BCUT2D eigenvalue weighted by molar-refractivity contribution is 0.0870. The molecule has 0 heterocycles. The Morgan fingerprint density at radius 3 is 1.96 bits per heavy atom. The Kier molecular flexibility index (Phi) is 7.40. The zero-order valence-electron chi connectivity index (χ0n) is 14.7. The van der Waals surface area contributed by atoms with E-state index in [1.807, 2.05) is 0 Å². The first-order chi connectivity index (χ1) is 12.0. The summed E-state index contributed by atoms with van der Waals surface area (Å²) in [4.78, 5) is 13.5. The topological polar surface area (TPSA) is 124 Å². The second-order valence-electron chi connectivity index (χ2n) is 5.14. The normalized spacial score (nSPS) is 12.6. The smallest absolute Gasteiger partial charge is 0.261 e. The van der Waals surface area contributed by atoms with E-state index in [1.54, 1.807) is 0 Å². The average molecular weight is 402 g/mol. The molecule has 0 aromatic heterocycles. The van der Waals surface area contributed by atoms with Gasteiger partial charge in [0.05, 0.1) is 24.3 Å². The molecular weight excluding hydrogens is 380 g/mol. The van der Waals surface area contributed by atoms with Gasteiger partial charge in [-0.15, -0.1) is 0 Å². The van der Waals surface area contributed by atoms with Gasteiger partial charge in [0.15, 0.2) is 19.7 Å². The molecule has 1 rings (SSSR count). The monoisotopic (exact) mass is 402 g/mol. The molecule has 0 atom stereocenters. The van der Waals surface area contributed by atoms with Gasteiger partial charge < -0.3 is 10.5 Å². The number of methoxy groups -OCH3 is 1. The van der Waals surface area contributed by atoms with Crippen LogP contribution in [0, 0.1) is 0 Å². The Hall–Kier alpha value is -2.33. The van der Waals surface area contributed by atoms with Crippen molar-refractivity contribution in [2.24, 2.45) is 0 Å². The fourth-order valence-electron chi connectivity index (χ4n) is 1.71. The first kappa shape index (κ1) is 21.7. The summed E-state index contributed by atoms with van der Waals surface area (Å²) < 4.78 is 51.6. The van der Waals surface area contributed by atoms with Gasteiger partial charge in [0, 0.05) is 28.8 Å². The Morgan fingerprint density at radius 1 is 1.08 bits per heavy atom. The number of amides is 1. The van der Waals surface area contributed by atoms with Crippen molar-refractivity contribution >= 4 is 31.3 Å². The lowest BCUT2D eigenvalue weighted by atomic mass is 10.1. The molecule has 0 saturated carbocycles. The highest BCUT2D eigenvalue weighted by atomic mass is 32.2. The summed E-state index contributed by atoms with van der Waals surface area (Å²) in [5.74, 6) is -0.582.